The summed E-state index contributed by atoms with van der Waals surface area (Å²) < 4.78 is 6.99. The van der Waals surface area contributed by atoms with Crippen molar-refractivity contribution >= 4 is 5.91 Å². The van der Waals surface area contributed by atoms with Crippen LogP contribution in [0.15, 0.2) is 17.0 Å². The van der Waals surface area contributed by atoms with E-state index < -0.39 is 0 Å². The van der Waals surface area contributed by atoms with Crippen LogP contribution in [-0.4, -0.2) is 31.6 Å². The zero-order valence-corrected chi connectivity index (χ0v) is 12.4. The van der Waals surface area contributed by atoms with E-state index >= 15 is 0 Å². The van der Waals surface area contributed by atoms with Crippen molar-refractivity contribution in [1.82, 2.24) is 25.0 Å². The SMILES string of the molecule is O=C(Cn1cnc(-c2noc(C3CC3)n2)c1)NC1CCCC1. The largest absolute Gasteiger partial charge is 0.352 e. The second-order valence-corrected chi connectivity index (χ2v) is 6.21. The van der Waals surface area contributed by atoms with Crippen LogP contribution in [0.25, 0.3) is 11.5 Å². The topological polar surface area (TPSA) is 85.8 Å². The van der Waals surface area contributed by atoms with Gasteiger partial charge in [-0.1, -0.05) is 18.0 Å². The Morgan fingerprint density at radius 3 is 2.91 bits per heavy atom. The average molecular weight is 301 g/mol. The van der Waals surface area contributed by atoms with Gasteiger partial charge >= 0.3 is 0 Å². The Morgan fingerprint density at radius 1 is 1.32 bits per heavy atom. The molecule has 0 radical (unpaired) electrons. The number of hydrogen-bond donors (Lipinski definition) is 1. The van der Waals surface area contributed by atoms with Crippen LogP contribution in [0.5, 0.6) is 0 Å². The molecule has 2 aliphatic rings. The summed E-state index contributed by atoms with van der Waals surface area (Å²) in [6.45, 7) is 0.275. The fraction of sp³-hybridized carbons (Fsp3) is 0.600. The lowest BCUT2D eigenvalue weighted by Gasteiger charge is -2.11. The number of carbonyl (C=O) groups is 1. The van der Waals surface area contributed by atoms with Crippen LogP contribution in [0.4, 0.5) is 0 Å². The summed E-state index contributed by atoms with van der Waals surface area (Å²) in [6, 6.07) is 0.341. The summed E-state index contributed by atoms with van der Waals surface area (Å²) >= 11 is 0. The molecule has 0 bridgehead atoms. The zero-order chi connectivity index (χ0) is 14.9. The van der Waals surface area contributed by atoms with Crippen LogP contribution in [0, 0.1) is 0 Å². The quantitative estimate of drug-likeness (QED) is 0.911. The van der Waals surface area contributed by atoms with Crippen LogP contribution in [-0.2, 0) is 11.3 Å². The van der Waals surface area contributed by atoms with Crippen LogP contribution in [0.2, 0.25) is 0 Å². The highest BCUT2D eigenvalue weighted by Gasteiger charge is 2.30. The van der Waals surface area contributed by atoms with Crippen molar-refractivity contribution in [3.8, 4) is 11.5 Å². The van der Waals surface area contributed by atoms with Crippen LogP contribution in [0.1, 0.15) is 50.3 Å². The molecule has 22 heavy (non-hydrogen) atoms. The number of carbonyl (C=O) groups excluding carboxylic acids is 1. The van der Waals surface area contributed by atoms with Gasteiger partial charge in [0.1, 0.15) is 12.2 Å². The van der Waals surface area contributed by atoms with E-state index in [0.717, 1.165) is 25.7 Å². The predicted octanol–water partition coefficient (Wildman–Crippen LogP) is 1.87. The zero-order valence-electron chi connectivity index (χ0n) is 12.4. The normalized spacial score (nSPS) is 18.7. The van der Waals surface area contributed by atoms with Crippen molar-refractivity contribution in [1.29, 1.82) is 0 Å². The maximum atomic E-state index is 12.0. The standard InChI is InChI=1S/C15H19N5O2/c21-13(17-11-3-1-2-4-11)8-20-7-12(16-9-20)14-18-15(22-19-14)10-5-6-10/h7,9-11H,1-6,8H2,(H,17,21). The second-order valence-electron chi connectivity index (χ2n) is 6.21. The highest BCUT2D eigenvalue weighted by Crippen LogP contribution is 2.39. The Labute approximate surface area is 128 Å². The minimum Gasteiger partial charge on any atom is -0.352 e. The molecule has 1 amide bonds. The Morgan fingerprint density at radius 2 is 2.14 bits per heavy atom. The highest BCUT2D eigenvalue weighted by molar-refractivity contribution is 5.76. The number of nitrogens with zero attached hydrogens (tertiary/aromatic N) is 4. The van der Waals surface area contributed by atoms with E-state index in [-0.39, 0.29) is 12.5 Å². The summed E-state index contributed by atoms with van der Waals surface area (Å²) in [6.07, 6.45) is 10.3. The van der Waals surface area contributed by atoms with E-state index in [0.29, 0.717) is 29.4 Å². The van der Waals surface area contributed by atoms with Gasteiger partial charge < -0.3 is 14.4 Å². The lowest BCUT2D eigenvalue weighted by molar-refractivity contribution is -0.122. The molecule has 0 spiro atoms. The smallest absolute Gasteiger partial charge is 0.240 e. The third-order valence-electron chi connectivity index (χ3n) is 4.28. The number of imidazole rings is 1. The van der Waals surface area contributed by atoms with Gasteiger partial charge in [-0.05, 0) is 25.7 Å². The van der Waals surface area contributed by atoms with Gasteiger partial charge in [-0.25, -0.2) is 4.98 Å². The third-order valence-corrected chi connectivity index (χ3v) is 4.28. The van der Waals surface area contributed by atoms with Gasteiger partial charge in [-0.2, -0.15) is 4.98 Å². The molecule has 7 nitrogen and oxygen atoms in total. The summed E-state index contributed by atoms with van der Waals surface area (Å²) in [5, 5.41) is 7.03. The second kappa shape index (κ2) is 5.55. The van der Waals surface area contributed by atoms with E-state index in [1.165, 1.54) is 12.8 Å². The molecule has 2 fully saturated rings. The van der Waals surface area contributed by atoms with Gasteiger partial charge in [0, 0.05) is 18.2 Å². The molecule has 0 aromatic carbocycles. The van der Waals surface area contributed by atoms with E-state index in [2.05, 4.69) is 20.4 Å². The maximum Gasteiger partial charge on any atom is 0.240 e. The van der Waals surface area contributed by atoms with Crippen LogP contribution in [0.3, 0.4) is 0 Å². The lowest BCUT2D eigenvalue weighted by Crippen LogP contribution is -2.34. The molecule has 116 valence electrons. The Bertz CT molecular complexity index is 667. The molecule has 1 N–H and O–H groups in total. The molecule has 7 heteroatoms. The van der Waals surface area contributed by atoms with Crippen LogP contribution >= 0.6 is 0 Å². The minimum absolute atomic E-state index is 0.0302. The van der Waals surface area contributed by atoms with Gasteiger partial charge in [0.15, 0.2) is 0 Å². The molecule has 4 rings (SSSR count). The summed E-state index contributed by atoms with van der Waals surface area (Å²) in [5.41, 5.74) is 0.643. The van der Waals surface area contributed by atoms with Gasteiger partial charge in [-0.15, -0.1) is 0 Å². The Balaban J connectivity index is 1.38. The maximum absolute atomic E-state index is 12.0. The number of amides is 1. The number of nitrogens with one attached hydrogen (secondary N) is 1. The molecular weight excluding hydrogens is 282 g/mol. The summed E-state index contributed by atoms with van der Waals surface area (Å²) in [7, 11) is 0. The summed E-state index contributed by atoms with van der Waals surface area (Å²) in [5.74, 6) is 1.66. The summed E-state index contributed by atoms with van der Waals surface area (Å²) in [4.78, 5) is 20.6. The minimum atomic E-state index is 0.0302. The fourth-order valence-corrected chi connectivity index (χ4v) is 2.91. The first-order valence-corrected chi connectivity index (χ1v) is 7.93. The molecule has 2 heterocycles. The van der Waals surface area contributed by atoms with Crippen molar-refractivity contribution in [2.75, 3.05) is 0 Å². The predicted molar refractivity (Wildman–Crippen MR) is 77.9 cm³/mol. The molecule has 2 aromatic rings. The molecule has 0 saturated heterocycles. The van der Waals surface area contributed by atoms with E-state index in [9.17, 15) is 4.79 Å². The van der Waals surface area contributed by atoms with E-state index in [4.69, 9.17) is 4.52 Å². The third kappa shape index (κ3) is 2.88. The van der Waals surface area contributed by atoms with Crippen molar-refractivity contribution < 1.29 is 9.32 Å². The number of aromatic nitrogens is 4. The number of hydrogen-bond acceptors (Lipinski definition) is 5. The molecule has 0 atom stereocenters. The van der Waals surface area contributed by atoms with Crippen molar-refractivity contribution in [2.24, 2.45) is 0 Å². The van der Waals surface area contributed by atoms with Gasteiger partial charge in [0.2, 0.25) is 17.6 Å². The van der Waals surface area contributed by atoms with Crippen LogP contribution < -0.4 is 5.32 Å². The average Bonchev–Trinajstić information content (AvgIpc) is 2.95. The molecular formula is C15H19N5O2. The monoisotopic (exact) mass is 301 g/mol. The van der Waals surface area contributed by atoms with E-state index in [1.54, 1.807) is 17.1 Å². The van der Waals surface area contributed by atoms with Gasteiger partial charge in [0.25, 0.3) is 0 Å². The first-order valence-electron chi connectivity index (χ1n) is 7.93. The Hall–Kier alpha value is -2.18. The molecule has 2 aromatic heterocycles. The van der Waals surface area contributed by atoms with E-state index in [1.807, 2.05) is 0 Å². The van der Waals surface area contributed by atoms with Crippen molar-refractivity contribution in [3.63, 3.8) is 0 Å². The van der Waals surface area contributed by atoms with Crippen molar-refractivity contribution in [3.05, 3.63) is 18.4 Å². The first-order chi connectivity index (χ1) is 10.8. The van der Waals surface area contributed by atoms with Gasteiger partial charge in [-0.3, -0.25) is 4.79 Å². The highest BCUT2D eigenvalue weighted by atomic mass is 16.5. The fourth-order valence-electron chi connectivity index (χ4n) is 2.91. The Kier molecular flexibility index (Phi) is 3.40. The molecule has 2 aliphatic carbocycles. The number of rotatable bonds is 5. The van der Waals surface area contributed by atoms with Gasteiger partial charge in [0.05, 0.1) is 6.33 Å². The molecule has 2 saturated carbocycles. The van der Waals surface area contributed by atoms with Crippen molar-refractivity contribution in [2.45, 2.75) is 57.0 Å². The molecule has 0 unspecified atom stereocenters. The lowest BCUT2D eigenvalue weighted by atomic mass is 10.2. The first kappa shape index (κ1) is 13.5. The molecule has 0 aliphatic heterocycles.